The Morgan fingerprint density at radius 1 is 1.27 bits per heavy atom. The van der Waals surface area contributed by atoms with Crippen LogP contribution >= 0.6 is 0 Å². The molecule has 1 aliphatic rings. The SMILES string of the molecule is OCc1ccc(N2CCNCC2)cc1O. The molecular weight excluding hydrogens is 192 g/mol. The third-order valence-corrected chi connectivity index (χ3v) is 2.72. The van der Waals surface area contributed by atoms with Crippen LogP contribution in [-0.4, -0.2) is 36.4 Å². The first kappa shape index (κ1) is 10.3. The maximum absolute atomic E-state index is 9.62. The predicted octanol–water partition coefficient (Wildman–Crippen LogP) is 0.294. The molecular formula is C11H16N2O2. The number of piperazine rings is 1. The van der Waals surface area contributed by atoms with E-state index in [0.29, 0.717) is 5.56 Å². The van der Waals surface area contributed by atoms with Crippen molar-refractivity contribution in [2.45, 2.75) is 6.61 Å². The Bertz CT molecular complexity index is 335. The molecule has 1 saturated heterocycles. The molecule has 0 aromatic heterocycles. The molecule has 0 unspecified atom stereocenters. The summed E-state index contributed by atoms with van der Waals surface area (Å²) in [6.45, 7) is 3.74. The van der Waals surface area contributed by atoms with E-state index in [1.165, 1.54) is 0 Å². The van der Waals surface area contributed by atoms with E-state index in [0.717, 1.165) is 31.9 Å². The van der Waals surface area contributed by atoms with E-state index in [1.807, 2.05) is 6.07 Å². The maximum Gasteiger partial charge on any atom is 0.123 e. The second kappa shape index (κ2) is 4.51. The molecule has 1 fully saturated rings. The van der Waals surface area contributed by atoms with Gasteiger partial charge in [0, 0.05) is 43.5 Å². The molecule has 0 atom stereocenters. The van der Waals surface area contributed by atoms with Gasteiger partial charge < -0.3 is 20.4 Å². The molecule has 1 aliphatic heterocycles. The average molecular weight is 208 g/mol. The van der Waals surface area contributed by atoms with Gasteiger partial charge in [-0.1, -0.05) is 6.07 Å². The first-order chi connectivity index (χ1) is 7.31. The molecule has 82 valence electrons. The lowest BCUT2D eigenvalue weighted by Crippen LogP contribution is -2.43. The first-order valence-corrected chi connectivity index (χ1v) is 5.19. The van der Waals surface area contributed by atoms with Crippen LogP contribution in [0.15, 0.2) is 18.2 Å². The van der Waals surface area contributed by atoms with Crippen molar-refractivity contribution in [2.75, 3.05) is 31.1 Å². The molecule has 1 aromatic rings. The van der Waals surface area contributed by atoms with Crippen molar-refractivity contribution < 1.29 is 10.2 Å². The van der Waals surface area contributed by atoms with Gasteiger partial charge in [0.05, 0.1) is 6.61 Å². The summed E-state index contributed by atoms with van der Waals surface area (Å²) in [6, 6.07) is 5.43. The number of aromatic hydroxyl groups is 1. The van der Waals surface area contributed by atoms with Crippen LogP contribution in [0.2, 0.25) is 0 Å². The van der Waals surface area contributed by atoms with Gasteiger partial charge in [0.15, 0.2) is 0 Å². The van der Waals surface area contributed by atoms with Gasteiger partial charge in [-0.2, -0.15) is 0 Å². The topological polar surface area (TPSA) is 55.7 Å². The largest absolute Gasteiger partial charge is 0.508 e. The summed E-state index contributed by atoms with van der Waals surface area (Å²) in [5.41, 5.74) is 1.60. The number of rotatable bonds is 2. The molecule has 15 heavy (non-hydrogen) atoms. The fourth-order valence-electron chi connectivity index (χ4n) is 1.81. The Labute approximate surface area is 89.1 Å². The molecule has 3 N–H and O–H groups in total. The molecule has 4 nitrogen and oxygen atoms in total. The van der Waals surface area contributed by atoms with E-state index in [9.17, 15) is 5.11 Å². The Balaban J connectivity index is 2.17. The molecule has 0 radical (unpaired) electrons. The zero-order valence-electron chi connectivity index (χ0n) is 8.61. The minimum absolute atomic E-state index is 0.117. The van der Waals surface area contributed by atoms with Crippen molar-refractivity contribution in [2.24, 2.45) is 0 Å². The van der Waals surface area contributed by atoms with Gasteiger partial charge in [-0.25, -0.2) is 0 Å². The minimum atomic E-state index is -0.117. The second-order valence-electron chi connectivity index (χ2n) is 3.71. The van der Waals surface area contributed by atoms with Crippen LogP contribution in [-0.2, 0) is 6.61 Å². The number of anilines is 1. The molecule has 2 rings (SSSR count). The normalized spacial score (nSPS) is 16.7. The van der Waals surface area contributed by atoms with Crippen molar-refractivity contribution in [1.82, 2.24) is 5.32 Å². The quantitative estimate of drug-likeness (QED) is 0.654. The highest BCUT2D eigenvalue weighted by atomic mass is 16.3. The van der Waals surface area contributed by atoms with Gasteiger partial charge in [0.2, 0.25) is 0 Å². The Kier molecular flexibility index (Phi) is 3.08. The number of hydrogen-bond donors (Lipinski definition) is 3. The van der Waals surface area contributed by atoms with Crippen LogP contribution < -0.4 is 10.2 Å². The summed E-state index contributed by atoms with van der Waals surface area (Å²) >= 11 is 0. The molecule has 1 heterocycles. The smallest absolute Gasteiger partial charge is 0.123 e. The van der Waals surface area contributed by atoms with Crippen molar-refractivity contribution >= 4 is 5.69 Å². The number of phenols is 1. The number of benzene rings is 1. The van der Waals surface area contributed by atoms with E-state index >= 15 is 0 Å². The van der Waals surface area contributed by atoms with Gasteiger partial charge >= 0.3 is 0 Å². The number of aliphatic hydroxyl groups excluding tert-OH is 1. The molecule has 4 heteroatoms. The summed E-state index contributed by atoms with van der Waals surface area (Å²) in [5, 5.41) is 21.8. The van der Waals surface area contributed by atoms with Crippen molar-refractivity contribution in [3.05, 3.63) is 23.8 Å². The van der Waals surface area contributed by atoms with Crippen LogP contribution in [0, 0.1) is 0 Å². The van der Waals surface area contributed by atoms with E-state index in [1.54, 1.807) is 12.1 Å². The van der Waals surface area contributed by atoms with E-state index in [2.05, 4.69) is 10.2 Å². The van der Waals surface area contributed by atoms with Gasteiger partial charge in [-0.3, -0.25) is 0 Å². The van der Waals surface area contributed by atoms with Crippen LogP contribution in [0.4, 0.5) is 5.69 Å². The third-order valence-electron chi connectivity index (χ3n) is 2.72. The van der Waals surface area contributed by atoms with Gasteiger partial charge in [-0.05, 0) is 6.07 Å². The molecule has 0 saturated carbocycles. The first-order valence-electron chi connectivity index (χ1n) is 5.19. The van der Waals surface area contributed by atoms with Gasteiger partial charge in [0.25, 0.3) is 0 Å². The monoisotopic (exact) mass is 208 g/mol. The van der Waals surface area contributed by atoms with Crippen LogP contribution in [0.1, 0.15) is 5.56 Å². The molecule has 0 bridgehead atoms. The zero-order valence-corrected chi connectivity index (χ0v) is 8.61. The highest BCUT2D eigenvalue weighted by Crippen LogP contribution is 2.24. The number of nitrogens with zero attached hydrogens (tertiary/aromatic N) is 1. The fraction of sp³-hybridized carbons (Fsp3) is 0.455. The molecule has 0 spiro atoms. The summed E-state index contributed by atoms with van der Waals surface area (Å²) < 4.78 is 0. The average Bonchev–Trinajstić information content (AvgIpc) is 2.30. The van der Waals surface area contributed by atoms with E-state index < -0.39 is 0 Å². The summed E-state index contributed by atoms with van der Waals surface area (Å²) in [7, 11) is 0. The summed E-state index contributed by atoms with van der Waals surface area (Å²) in [6.07, 6.45) is 0. The van der Waals surface area contributed by atoms with E-state index in [-0.39, 0.29) is 12.4 Å². The Hall–Kier alpha value is -1.26. The Morgan fingerprint density at radius 2 is 2.00 bits per heavy atom. The van der Waals surface area contributed by atoms with Gasteiger partial charge in [-0.15, -0.1) is 0 Å². The standard InChI is InChI=1S/C11H16N2O2/c14-8-9-1-2-10(7-11(9)15)13-5-3-12-4-6-13/h1-2,7,12,14-15H,3-6,8H2. The second-order valence-corrected chi connectivity index (χ2v) is 3.71. The lowest BCUT2D eigenvalue weighted by Gasteiger charge is -2.29. The Morgan fingerprint density at radius 3 is 2.60 bits per heavy atom. The lowest BCUT2D eigenvalue weighted by atomic mass is 10.1. The maximum atomic E-state index is 9.62. The van der Waals surface area contributed by atoms with Gasteiger partial charge in [0.1, 0.15) is 5.75 Å². The highest BCUT2D eigenvalue weighted by Gasteiger charge is 2.11. The molecule has 1 aromatic carbocycles. The van der Waals surface area contributed by atoms with Crippen LogP contribution in [0.25, 0.3) is 0 Å². The van der Waals surface area contributed by atoms with Crippen molar-refractivity contribution in [3.8, 4) is 5.75 Å². The van der Waals surface area contributed by atoms with Crippen LogP contribution in [0.3, 0.4) is 0 Å². The summed E-state index contributed by atoms with van der Waals surface area (Å²) in [5.74, 6) is 0.175. The fourth-order valence-corrected chi connectivity index (χ4v) is 1.81. The van der Waals surface area contributed by atoms with Crippen molar-refractivity contribution in [1.29, 1.82) is 0 Å². The number of aliphatic hydroxyl groups is 1. The third kappa shape index (κ3) is 2.22. The molecule has 0 aliphatic carbocycles. The minimum Gasteiger partial charge on any atom is -0.508 e. The summed E-state index contributed by atoms with van der Waals surface area (Å²) in [4.78, 5) is 2.22. The highest BCUT2D eigenvalue weighted by molar-refractivity contribution is 5.53. The number of hydrogen-bond acceptors (Lipinski definition) is 4. The molecule has 0 amide bonds. The van der Waals surface area contributed by atoms with E-state index in [4.69, 9.17) is 5.11 Å². The zero-order chi connectivity index (χ0) is 10.7. The predicted molar refractivity (Wildman–Crippen MR) is 59.1 cm³/mol. The van der Waals surface area contributed by atoms with Crippen molar-refractivity contribution in [3.63, 3.8) is 0 Å². The van der Waals surface area contributed by atoms with Crippen LogP contribution in [0.5, 0.6) is 5.75 Å². The number of nitrogens with one attached hydrogen (secondary N) is 1. The lowest BCUT2D eigenvalue weighted by molar-refractivity contribution is 0.275.